The lowest BCUT2D eigenvalue weighted by atomic mass is 10.0. The zero-order valence-corrected chi connectivity index (χ0v) is 12.3. The van der Waals surface area contributed by atoms with Gasteiger partial charge in [0.15, 0.2) is 0 Å². The monoisotopic (exact) mass is 271 g/mol. The predicted octanol–water partition coefficient (Wildman–Crippen LogP) is 3.22. The van der Waals surface area contributed by atoms with Crippen LogP contribution >= 0.6 is 11.6 Å². The number of nitrogens with zero attached hydrogens (tertiary/aromatic N) is 2. The summed E-state index contributed by atoms with van der Waals surface area (Å²) in [5.74, 6) is 0.943. The van der Waals surface area contributed by atoms with Crippen LogP contribution in [0.5, 0.6) is 0 Å². The molecule has 0 saturated heterocycles. The van der Waals surface area contributed by atoms with E-state index in [1.165, 1.54) is 6.33 Å². The summed E-state index contributed by atoms with van der Waals surface area (Å²) >= 11 is 6.08. The minimum atomic E-state index is -0.736. The lowest BCUT2D eigenvalue weighted by Crippen LogP contribution is -2.33. The molecule has 0 fully saturated rings. The third-order valence-corrected chi connectivity index (χ3v) is 3.14. The fourth-order valence-electron chi connectivity index (χ4n) is 1.93. The summed E-state index contributed by atoms with van der Waals surface area (Å²) in [6.07, 6.45) is 3.12. The number of hydrogen-bond acceptors (Lipinski definition) is 4. The number of anilines is 1. The molecule has 0 radical (unpaired) electrons. The van der Waals surface area contributed by atoms with Gasteiger partial charge in [-0.15, -0.1) is 0 Å². The second-order valence-corrected chi connectivity index (χ2v) is 5.54. The molecule has 1 atom stereocenters. The minimum Gasteiger partial charge on any atom is -0.388 e. The fourth-order valence-corrected chi connectivity index (χ4v) is 2.28. The molecule has 1 unspecified atom stereocenters. The Hall–Kier alpha value is -0.870. The average Bonchev–Trinajstić information content (AvgIpc) is 2.26. The maximum absolute atomic E-state index is 10.1. The van der Waals surface area contributed by atoms with Crippen molar-refractivity contribution in [1.82, 2.24) is 9.97 Å². The van der Waals surface area contributed by atoms with Gasteiger partial charge in [-0.05, 0) is 19.3 Å². The zero-order chi connectivity index (χ0) is 13.8. The first-order valence-electron chi connectivity index (χ1n) is 6.34. The quantitative estimate of drug-likeness (QED) is 0.780. The molecule has 1 heterocycles. The Morgan fingerprint density at radius 3 is 2.67 bits per heavy atom. The fraction of sp³-hybridized carbons (Fsp3) is 0.692. The molecule has 0 aromatic carbocycles. The van der Waals surface area contributed by atoms with Crippen LogP contribution in [-0.2, 0) is 0 Å². The van der Waals surface area contributed by atoms with E-state index in [0.29, 0.717) is 17.5 Å². The molecule has 1 aromatic rings. The number of nitrogens with one attached hydrogen (secondary N) is 1. The van der Waals surface area contributed by atoms with E-state index in [-0.39, 0.29) is 5.92 Å². The van der Waals surface area contributed by atoms with E-state index >= 15 is 0 Å². The highest BCUT2D eigenvalue weighted by Gasteiger charge is 2.20. The van der Waals surface area contributed by atoms with Gasteiger partial charge in [-0.3, -0.25) is 0 Å². The van der Waals surface area contributed by atoms with Crippen LogP contribution in [0, 0.1) is 0 Å². The minimum absolute atomic E-state index is 0.234. The summed E-state index contributed by atoms with van der Waals surface area (Å²) in [5.41, 5.74) is 0.159. The standard InChI is InChI=1S/C13H22ClN3O/c1-5-6-13(4,18)7-15-12-10(9(2)3)11(14)16-8-17-12/h8-9,18H,5-7H2,1-4H3,(H,15,16,17). The van der Waals surface area contributed by atoms with Crippen molar-refractivity contribution in [3.63, 3.8) is 0 Å². The van der Waals surface area contributed by atoms with Crippen molar-refractivity contribution in [2.24, 2.45) is 0 Å². The van der Waals surface area contributed by atoms with Crippen molar-refractivity contribution in [3.8, 4) is 0 Å². The lowest BCUT2D eigenvalue weighted by Gasteiger charge is -2.24. The van der Waals surface area contributed by atoms with Crippen LogP contribution in [0.4, 0.5) is 5.82 Å². The highest BCUT2D eigenvalue weighted by Crippen LogP contribution is 2.28. The Morgan fingerprint density at radius 2 is 2.11 bits per heavy atom. The van der Waals surface area contributed by atoms with Crippen LogP contribution in [0.25, 0.3) is 0 Å². The van der Waals surface area contributed by atoms with Gasteiger partial charge in [-0.2, -0.15) is 0 Å². The highest BCUT2D eigenvalue weighted by atomic mass is 35.5. The van der Waals surface area contributed by atoms with Crippen LogP contribution in [-0.4, -0.2) is 27.2 Å². The molecule has 1 rings (SSSR count). The summed E-state index contributed by atoms with van der Waals surface area (Å²) in [6.45, 7) is 8.41. The molecule has 0 saturated carbocycles. The molecule has 4 nitrogen and oxygen atoms in total. The Morgan fingerprint density at radius 1 is 1.44 bits per heavy atom. The molecule has 0 aliphatic rings. The summed E-state index contributed by atoms with van der Waals surface area (Å²) in [7, 11) is 0. The van der Waals surface area contributed by atoms with Crippen LogP contribution in [0.2, 0.25) is 5.15 Å². The van der Waals surface area contributed by atoms with E-state index in [2.05, 4.69) is 22.2 Å². The van der Waals surface area contributed by atoms with Gasteiger partial charge in [0.1, 0.15) is 17.3 Å². The van der Waals surface area contributed by atoms with Gasteiger partial charge >= 0.3 is 0 Å². The molecule has 0 aliphatic heterocycles. The van der Waals surface area contributed by atoms with Crippen molar-refractivity contribution >= 4 is 17.4 Å². The van der Waals surface area contributed by atoms with E-state index in [1.807, 2.05) is 20.8 Å². The molecule has 1 aromatic heterocycles. The molecule has 0 spiro atoms. The van der Waals surface area contributed by atoms with Crippen LogP contribution in [0.15, 0.2) is 6.33 Å². The molecule has 0 bridgehead atoms. The van der Waals surface area contributed by atoms with E-state index < -0.39 is 5.60 Å². The predicted molar refractivity (Wildman–Crippen MR) is 75.2 cm³/mol. The molecule has 18 heavy (non-hydrogen) atoms. The third kappa shape index (κ3) is 4.10. The first-order valence-corrected chi connectivity index (χ1v) is 6.72. The average molecular weight is 272 g/mol. The summed E-state index contributed by atoms with van der Waals surface area (Å²) in [6, 6.07) is 0. The summed E-state index contributed by atoms with van der Waals surface area (Å²) < 4.78 is 0. The Kier molecular flexibility index (Phi) is 5.35. The zero-order valence-electron chi connectivity index (χ0n) is 11.5. The molecule has 2 N–H and O–H groups in total. The number of aliphatic hydroxyl groups is 1. The van der Waals surface area contributed by atoms with E-state index in [1.54, 1.807) is 0 Å². The SMILES string of the molecule is CCCC(C)(O)CNc1ncnc(Cl)c1C(C)C. The maximum atomic E-state index is 10.1. The number of rotatable bonds is 6. The van der Waals surface area contributed by atoms with Gasteiger partial charge in [-0.25, -0.2) is 9.97 Å². The lowest BCUT2D eigenvalue weighted by molar-refractivity contribution is 0.0636. The number of hydrogen-bond donors (Lipinski definition) is 2. The second kappa shape index (κ2) is 6.34. The van der Waals surface area contributed by atoms with Crippen molar-refractivity contribution in [3.05, 3.63) is 17.0 Å². The Labute approximate surface area is 114 Å². The first-order chi connectivity index (χ1) is 8.37. The molecule has 102 valence electrons. The van der Waals surface area contributed by atoms with Crippen molar-refractivity contribution < 1.29 is 5.11 Å². The second-order valence-electron chi connectivity index (χ2n) is 5.18. The highest BCUT2D eigenvalue weighted by molar-refractivity contribution is 6.30. The van der Waals surface area contributed by atoms with Gasteiger partial charge < -0.3 is 10.4 Å². The molecule has 5 heteroatoms. The van der Waals surface area contributed by atoms with Crippen molar-refractivity contribution in [1.29, 1.82) is 0 Å². The Balaban J connectivity index is 2.82. The van der Waals surface area contributed by atoms with Gasteiger partial charge in [0.25, 0.3) is 0 Å². The Bertz CT molecular complexity index is 394. The van der Waals surface area contributed by atoms with Crippen molar-refractivity contribution in [2.75, 3.05) is 11.9 Å². The van der Waals surface area contributed by atoms with Gasteiger partial charge in [-0.1, -0.05) is 38.8 Å². The topological polar surface area (TPSA) is 58.0 Å². The molecule has 0 amide bonds. The van der Waals surface area contributed by atoms with E-state index in [9.17, 15) is 5.11 Å². The van der Waals surface area contributed by atoms with Gasteiger partial charge in [0.05, 0.1) is 5.60 Å². The number of halogens is 1. The van der Waals surface area contributed by atoms with Crippen LogP contribution in [0.1, 0.15) is 52.0 Å². The third-order valence-electron chi connectivity index (χ3n) is 2.84. The smallest absolute Gasteiger partial charge is 0.138 e. The normalized spacial score (nSPS) is 14.6. The summed E-state index contributed by atoms with van der Waals surface area (Å²) in [5, 5.41) is 13.8. The van der Waals surface area contributed by atoms with E-state index in [0.717, 1.165) is 18.4 Å². The van der Waals surface area contributed by atoms with Gasteiger partial charge in [0, 0.05) is 12.1 Å². The van der Waals surface area contributed by atoms with Crippen LogP contribution in [0.3, 0.4) is 0 Å². The van der Waals surface area contributed by atoms with Crippen LogP contribution < -0.4 is 5.32 Å². The molecular formula is C13H22ClN3O. The maximum Gasteiger partial charge on any atom is 0.138 e. The molecular weight excluding hydrogens is 250 g/mol. The molecule has 0 aliphatic carbocycles. The largest absolute Gasteiger partial charge is 0.388 e. The number of aromatic nitrogens is 2. The van der Waals surface area contributed by atoms with Gasteiger partial charge in [0.2, 0.25) is 0 Å². The van der Waals surface area contributed by atoms with E-state index in [4.69, 9.17) is 11.6 Å². The summed E-state index contributed by atoms with van der Waals surface area (Å²) in [4.78, 5) is 8.20. The van der Waals surface area contributed by atoms with Crippen molar-refractivity contribution in [2.45, 2.75) is 52.1 Å². The first kappa shape index (κ1) is 15.2.